The molecule has 0 fully saturated rings. The average molecular weight is 197 g/mol. The summed E-state index contributed by atoms with van der Waals surface area (Å²) < 4.78 is 24.9. The van der Waals surface area contributed by atoms with Crippen LogP contribution in [0.3, 0.4) is 0 Å². The molecule has 0 atom stereocenters. The summed E-state index contributed by atoms with van der Waals surface area (Å²) in [7, 11) is 0. The van der Waals surface area contributed by atoms with Gasteiger partial charge in [-0.2, -0.15) is 5.26 Å². The van der Waals surface area contributed by atoms with E-state index in [4.69, 9.17) is 11.0 Å². The van der Waals surface area contributed by atoms with E-state index in [-0.39, 0.29) is 17.7 Å². The molecule has 1 aromatic rings. The summed E-state index contributed by atoms with van der Waals surface area (Å²) in [6.45, 7) is 1.55. The van der Waals surface area contributed by atoms with E-state index >= 15 is 0 Å². The molecule has 74 valence electrons. The number of pyridine rings is 1. The minimum absolute atomic E-state index is 0.100. The molecule has 0 saturated carbocycles. The van der Waals surface area contributed by atoms with E-state index in [1.807, 2.05) is 0 Å². The number of nitriles is 1. The van der Waals surface area contributed by atoms with Crippen LogP contribution in [0.1, 0.15) is 23.4 Å². The van der Waals surface area contributed by atoms with E-state index in [0.717, 1.165) is 0 Å². The van der Waals surface area contributed by atoms with Gasteiger partial charge >= 0.3 is 0 Å². The summed E-state index contributed by atoms with van der Waals surface area (Å²) in [5, 5.41) is 8.42. The lowest BCUT2D eigenvalue weighted by atomic mass is 10.1. The molecule has 1 aromatic heterocycles. The predicted octanol–water partition coefficient (Wildman–Crippen LogP) is 1.98. The lowest BCUT2D eigenvalue weighted by molar-refractivity contribution is 0.145. The Morgan fingerprint density at radius 1 is 1.64 bits per heavy atom. The van der Waals surface area contributed by atoms with E-state index in [1.54, 1.807) is 13.0 Å². The first-order valence-electron chi connectivity index (χ1n) is 3.97. The van der Waals surface area contributed by atoms with Gasteiger partial charge in [0.2, 0.25) is 0 Å². The molecule has 5 heteroatoms. The third-order valence-corrected chi connectivity index (χ3v) is 1.84. The van der Waals surface area contributed by atoms with Crippen molar-refractivity contribution in [3.05, 3.63) is 23.0 Å². The fourth-order valence-electron chi connectivity index (χ4n) is 1.10. The van der Waals surface area contributed by atoms with Gasteiger partial charge in [-0.25, -0.2) is 13.8 Å². The van der Waals surface area contributed by atoms with Gasteiger partial charge in [0.1, 0.15) is 5.69 Å². The molecule has 0 unspecified atom stereocenters. The van der Waals surface area contributed by atoms with Crippen LogP contribution in [0.25, 0.3) is 0 Å². The summed E-state index contributed by atoms with van der Waals surface area (Å²) in [5.74, 6) is 0. The molecule has 14 heavy (non-hydrogen) atoms. The van der Waals surface area contributed by atoms with Crippen LogP contribution >= 0.6 is 0 Å². The largest absolute Gasteiger partial charge is 0.397 e. The number of anilines is 1. The second-order valence-electron chi connectivity index (χ2n) is 2.84. The van der Waals surface area contributed by atoms with Crippen LogP contribution in [-0.4, -0.2) is 4.98 Å². The Labute approximate surface area is 80.2 Å². The van der Waals surface area contributed by atoms with Gasteiger partial charge in [0.25, 0.3) is 6.43 Å². The SMILES string of the molecule is Cc1nc(C(F)F)c(CC#N)cc1N. The topological polar surface area (TPSA) is 62.7 Å². The number of aromatic nitrogens is 1. The number of hydrogen-bond donors (Lipinski definition) is 1. The zero-order valence-electron chi connectivity index (χ0n) is 7.59. The molecule has 0 saturated heterocycles. The maximum absolute atomic E-state index is 12.4. The molecule has 0 aliphatic carbocycles. The van der Waals surface area contributed by atoms with Crippen molar-refractivity contribution in [2.24, 2.45) is 0 Å². The highest BCUT2D eigenvalue weighted by Crippen LogP contribution is 2.24. The van der Waals surface area contributed by atoms with Gasteiger partial charge in [-0.15, -0.1) is 0 Å². The first-order chi connectivity index (χ1) is 6.56. The number of aryl methyl sites for hydroxylation is 1. The number of nitrogens with zero attached hydrogens (tertiary/aromatic N) is 2. The van der Waals surface area contributed by atoms with Gasteiger partial charge < -0.3 is 5.73 Å². The number of halogens is 2. The highest BCUT2D eigenvalue weighted by Gasteiger charge is 2.16. The van der Waals surface area contributed by atoms with Crippen LogP contribution in [0.15, 0.2) is 6.07 Å². The third kappa shape index (κ3) is 1.96. The normalized spacial score (nSPS) is 10.2. The van der Waals surface area contributed by atoms with Crippen molar-refractivity contribution in [2.45, 2.75) is 19.8 Å². The Morgan fingerprint density at radius 2 is 2.29 bits per heavy atom. The van der Waals surface area contributed by atoms with Gasteiger partial charge in [-0.3, -0.25) is 0 Å². The number of hydrogen-bond acceptors (Lipinski definition) is 3. The Balaban J connectivity index is 3.25. The number of nitrogens with two attached hydrogens (primary N) is 1. The second kappa shape index (κ2) is 4.01. The fourth-order valence-corrected chi connectivity index (χ4v) is 1.10. The molecule has 1 rings (SSSR count). The predicted molar refractivity (Wildman–Crippen MR) is 47.7 cm³/mol. The van der Waals surface area contributed by atoms with Crippen molar-refractivity contribution in [3.63, 3.8) is 0 Å². The van der Waals surface area contributed by atoms with E-state index in [1.165, 1.54) is 6.07 Å². The number of alkyl halides is 2. The Bertz CT molecular complexity index is 382. The van der Waals surface area contributed by atoms with Crippen molar-refractivity contribution in [2.75, 3.05) is 5.73 Å². The number of rotatable bonds is 2. The van der Waals surface area contributed by atoms with Crippen molar-refractivity contribution < 1.29 is 8.78 Å². The average Bonchev–Trinajstić information content (AvgIpc) is 2.11. The minimum atomic E-state index is -2.67. The zero-order chi connectivity index (χ0) is 10.7. The van der Waals surface area contributed by atoms with Crippen LogP contribution in [0.5, 0.6) is 0 Å². The maximum Gasteiger partial charge on any atom is 0.280 e. The zero-order valence-corrected chi connectivity index (χ0v) is 7.59. The molecule has 0 radical (unpaired) electrons. The van der Waals surface area contributed by atoms with Crippen LogP contribution in [0.4, 0.5) is 14.5 Å². The molecular weight excluding hydrogens is 188 g/mol. The highest BCUT2D eigenvalue weighted by molar-refractivity contribution is 5.47. The molecule has 0 aliphatic rings. The van der Waals surface area contributed by atoms with Gasteiger partial charge in [0.15, 0.2) is 0 Å². The Kier molecular flexibility index (Phi) is 2.97. The van der Waals surface area contributed by atoms with Gasteiger partial charge in [0, 0.05) is 0 Å². The van der Waals surface area contributed by atoms with Crippen LogP contribution < -0.4 is 5.73 Å². The lowest BCUT2D eigenvalue weighted by Gasteiger charge is -2.08. The summed E-state index contributed by atoms with van der Waals surface area (Å²) in [6.07, 6.45) is -2.77. The standard InChI is InChI=1S/C9H9F2N3/c1-5-7(13)4-6(2-3-12)8(14-5)9(10)11/h4,9H,2,13H2,1H3. The molecule has 0 bridgehead atoms. The van der Waals surface area contributed by atoms with E-state index in [9.17, 15) is 8.78 Å². The number of nitrogen functional groups attached to an aromatic ring is 1. The minimum Gasteiger partial charge on any atom is -0.397 e. The first kappa shape index (κ1) is 10.4. The molecule has 0 aromatic carbocycles. The quantitative estimate of drug-likeness (QED) is 0.788. The van der Waals surface area contributed by atoms with Gasteiger partial charge in [0.05, 0.1) is 23.9 Å². The van der Waals surface area contributed by atoms with Gasteiger partial charge in [-0.1, -0.05) is 0 Å². The van der Waals surface area contributed by atoms with Crippen molar-refractivity contribution in [1.82, 2.24) is 4.98 Å². The molecule has 0 aliphatic heterocycles. The molecule has 2 N–H and O–H groups in total. The Morgan fingerprint density at radius 3 is 2.79 bits per heavy atom. The maximum atomic E-state index is 12.4. The lowest BCUT2D eigenvalue weighted by Crippen LogP contribution is -2.03. The molecule has 0 amide bonds. The molecule has 3 nitrogen and oxygen atoms in total. The molecule has 0 spiro atoms. The Hall–Kier alpha value is -1.70. The van der Waals surface area contributed by atoms with Crippen LogP contribution in [-0.2, 0) is 6.42 Å². The summed E-state index contributed by atoms with van der Waals surface area (Å²) in [4.78, 5) is 3.66. The molecular formula is C9H9F2N3. The van der Waals surface area contributed by atoms with E-state index < -0.39 is 6.43 Å². The first-order valence-corrected chi connectivity index (χ1v) is 3.97. The van der Waals surface area contributed by atoms with Crippen LogP contribution in [0, 0.1) is 18.3 Å². The fraction of sp³-hybridized carbons (Fsp3) is 0.333. The van der Waals surface area contributed by atoms with Crippen molar-refractivity contribution in [3.8, 4) is 6.07 Å². The smallest absolute Gasteiger partial charge is 0.280 e. The van der Waals surface area contributed by atoms with Gasteiger partial charge in [-0.05, 0) is 18.6 Å². The second-order valence-corrected chi connectivity index (χ2v) is 2.84. The highest BCUT2D eigenvalue weighted by atomic mass is 19.3. The third-order valence-electron chi connectivity index (χ3n) is 1.84. The summed E-state index contributed by atoms with van der Waals surface area (Å²) in [6, 6.07) is 3.18. The monoisotopic (exact) mass is 197 g/mol. The summed E-state index contributed by atoms with van der Waals surface area (Å²) >= 11 is 0. The van der Waals surface area contributed by atoms with E-state index in [0.29, 0.717) is 11.4 Å². The van der Waals surface area contributed by atoms with E-state index in [2.05, 4.69) is 4.98 Å². The molecule has 1 heterocycles. The van der Waals surface area contributed by atoms with Crippen molar-refractivity contribution in [1.29, 1.82) is 5.26 Å². The van der Waals surface area contributed by atoms with Crippen LogP contribution in [0.2, 0.25) is 0 Å². The summed E-state index contributed by atoms with van der Waals surface area (Å²) in [5.41, 5.74) is 6.05. The van der Waals surface area contributed by atoms with Crippen molar-refractivity contribution >= 4 is 5.69 Å².